The zero-order chi connectivity index (χ0) is 17.4. The Hall–Kier alpha value is -2.50. The number of ether oxygens (including phenoxy) is 2. The third-order valence-electron chi connectivity index (χ3n) is 3.29. The maximum atomic E-state index is 9.81. The number of aliphatic imine (C=N–C) groups is 2. The second-order valence-electron chi connectivity index (χ2n) is 4.92. The third-order valence-corrected chi connectivity index (χ3v) is 3.29. The number of hydrogen-bond acceptors (Lipinski definition) is 6. The van der Waals surface area contributed by atoms with Gasteiger partial charge in [-0.25, -0.2) is 0 Å². The molecule has 0 aromatic heterocycles. The summed E-state index contributed by atoms with van der Waals surface area (Å²) in [7, 11) is 3.09. The van der Waals surface area contributed by atoms with E-state index in [1.807, 2.05) is 0 Å². The summed E-state index contributed by atoms with van der Waals surface area (Å²) < 4.78 is 10.0. The molecule has 0 unspecified atom stereocenters. The van der Waals surface area contributed by atoms with Crippen LogP contribution in [0.3, 0.4) is 0 Å². The molecular weight excluding hydrogens is 375 g/mol. The first kappa shape index (κ1) is 20.5. The summed E-state index contributed by atoms with van der Waals surface area (Å²) in [5.41, 5.74) is 1.24. The van der Waals surface area contributed by atoms with E-state index in [0.717, 1.165) is 0 Å². The Morgan fingerprint density at radius 2 is 1.20 bits per heavy atom. The van der Waals surface area contributed by atoms with Gasteiger partial charge in [0.15, 0.2) is 0 Å². The first-order valence-corrected chi connectivity index (χ1v) is 7.37. The molecule has 25 heavy (non-hydrogen) atoms. The van der Waals surface area contributed by atoms with E-state index in [9.17, 15) is 10.2 Å². The molecule has 2 aromatic carbocycles. The molecule has 1 radical (unpaired) electrons. The molecule has 0 spiro atoms. The summed E-state index contributed by atoms with van der Waals surface area (Å²) in [5, 5.41) is 19.6. The van der Waals surface area contributed by atoms with Crippen LogP contribution in [0, 0.1) is 0 Å². The van der Waals surface area contributed by atoms with Crippen LogP contribution in [0.4, 0.5) is 0 Å². The van der Waals surface area contributed by atoms with E-state index < -0.39 is 0 Å². The topological polar surface area (TPSA) is 83.6 Å². The molecule has 2 rings (SSSR count). The molecule has 0 saturated heterocycles. The summed E-state index contributed by atoms with van der Waals surface area (Å²) >= 11 is 0. The number of methoxy groups -OCH3 is 2. The molecule has 0 fully saturated rings. The van der Waals surface area contributed by atoms with Crippen molar-refractivity contribution in [3.05, 3.63) is 47.5 Å². The van der Waals surface area contributed by atoms with Crippen LogP contribution in [0.25, 0.3) is 0 Å². The van der Waals surface area contributed by atoms with Gasteiger partial charge in [0.1, 0.15) is 23.0 Å². The Kier molecular flexibility index (Phi) is 8.53. The van der Waals surface area contributed by atoms with E-state index in [1.165, 1.54) is 12.1 Å². The molecule has 0 amide bonds. The standard InChI is InChI=1S/C18H20N2O4.Cu/c1-23-15-5-3-13(17(21)9-15)11-19-7-8-20-12-14-4-6-16(24-2)10-18(14)22;/h3-6,9-12,21-22H,7-8H2,1-2H3;/i;1+3. The Morgan fingerprint density at radius 1 is 0.800 bits per heavy atom. The molecular formula is C18H20CuN2O4. The molecule has 0 bridgehead atoms. The van der Waals surface area contributed by atoms with Crippen molar-refractivity contribution in [2.24, 2.45) is 9.98 Å². The molecule has 0 aliphatic carbocycles. The van der Waals surface area contributed by atoms with Crippen LogP contribution in [0.15, 0.2) is 46.4 Å². The predicted molar refractivity (Wildman–Crippen MR) is 94.2 cm³/mol. The predicted octanol–water partition coefficient (Wildman–Crippen LogP) is 2.65. The fraction of sp³-hybridized carbons (Fsp3) is 0.222. The Balaban J connectivity index is 0.00000312. The zero-order valence-electron chi connectivity index (χ0n) is 13.9. The fourth-order valence-electron chi connectivity index (χ4n) is 1.96. The Morgan fingerprint density at radius 3 is 1.52 bits per heavy atom. The largest absolute Gasteiger partial charge is 0.507 e. The molecule has 2 aromatic rings. The molecule has 137 valence electrons. The van der Waals surface area contributed by atoms with Crippen molar-refractivity contribution in [3.8, 4) is 23.0 Å². The van der Waals surface area contributed by atoms with Gasteiger partial charge in [0.05, 0.1) is 27.3 Å². The first-order chi connectivity index (χ1) is 11.6. The number of hydrogen-bond donors (Lipinski definition) is 2. The minimum absolute atomic E-state index is 0. The summed E-state index contributed by atoms with van der Waals surface area (Å²) in [6.07, 6.45) is 3.18. The Bertz CT molecular complexity index is 684. The van der Waals surface area contributed by atoms with Gasteiger partial charge in [-0.1, -0.05) is 0 Å². The second kappa shape index (κ2) is 10.4. The van der Waals surface area contributed by atoms with Crippen molar-refractivity contribution in [2.75, 3.05) is 27.3 Å². The van der Waals surface area contributed by atoms with Crippen molar-refractivity contribution in [2.45, 2.75) is 0 Å². The second-order valence-corrected chi connectivity index (χ2v) is 4.92. The SMILES string of the molecule is COc1ccc(C=NCCN=Cc2ccc(OC)cc2O)c(O)c1.[67Cu]. The van der Waals surface area contributed by atoms with Crippen molar-refractivity contribution >= 4 is 12.4 Å². The summed E-state index contributed by atoms with van der Waals surface area (Å²) in [6, 6.07) is 10.0. The van der Waals surface area contributed by atoms with Gasteiger partial charge in [-0.05, 0) is 24.3 Å². The van der Waals surface area contributed by atoms with Gasteiger partial charge in [0.2, 0.25) is 0 Å². The zero-order valence-corrected chi connectivity index (χ0v) is 14.9. The monoisotopic (exact) mass is 395 g/mol. The Labute approximate surface area is 157 Å². The molecule has 0 saturated carbocycles. The van der Waals surface area contributed by atoms with Gasteiger partial charge in [0, 0.05) is 52.8 Å². The van der Waals surface area contributed by atoms with E-state index in [2.05, 4.69) is 9.98 Å². The number of rotatable bonds is 7. The maximum absolute atomic E-state index is 9.81. The average Bonchev–Trinajstić information content (AvgIpc) is 2.60. The molecule has 0 heterocycles. The minimum Gasteiger partial charge on any atom is -0.507 e. The summed E-state index contributed by atoms with van der Waals surface area (Å²) in [6.45, 7) is 0.942. The smallest absolute Gasteiger partial charge is 0.128 e. The van der Waals surface area contributed by atoms with Gasteiger partial charge in [0.25, 0.3) is 0 Å². The summed E-state index contributed by atoms with van der Waals surface area (Å²) in [5.74, 6) is 1.41. The van der Waals surface area contributed by atoms with Crippen LogP contribution < -0.4 is 9.47 Å². The third kappa shape index (κ3) is 6.14. The normalized spacial score (nSPS) is 10.8. The number of phenolic OH excluding ortho intramolecular Hbond substituents is 2. The van der Waals surface area contributed by atoms with E-state index in [0.29, 0.717) is 35.7 Å². The number of nitrogens with zero attached hydrogens (tertiary/aromatic N) is 2. The number of benzene rings is 2. The van der Waals surface area contributed by atoms with Gasteiger partial charge >= 0.3 is 0 Å². The molecule has 2 N–H and O–H groups in total. The van der Waals surface area contributed by atoms with Crippen molar-refractivity contribution in [1.82, 2.24) is 0 Å². The van der Waals surface area contributed by atoms with E-state index in [-0.39, 0.29) is 28.6 Å². The molecule has 7 heteroatoms. The first-order valence-electron chi connectivity index (χ1n) is 7.37. The van der Waals surface area contributed by atoms with Crippen molar-refractivity contribution < 1.29 is 36.8 Å². The van der Waals surface area contributed by atoms with Crippen molar-refractivity contribution in [3.63, 3.8) is 0 Å². The molecule has 0 atom stereocenters. The molecule has 0 aliphatic heterocycles. The van der Waals surface area contributed by atoms with Crippen LogP contribution >= 0.6 is 0 Å². The fourth-order valence-corrected chi connectivity index (χ4v) is 1.96. The van der Waals surface area contributed by atoms with Gasteiger partial charge in [-0.2, -0.15) is 0 Å². The van der Waals surface area contributed by atoms with E-state index in [4.69, 9.17) is 9.47 Å². The minimum atomic E-state index is 0. The molecule has 0 aliphatic rings. The maximum Gasteiger partial charge on any atom is 0.128 e. The van der Waals surface area contributed by atoms with Crippen LogP contribution in [-0.2, 0) is 17.1 Å². The van der Waals surface area contributed by atoms with Gasteiger partial charge in [-0.15, -0.1) is 0 Å². The van der Waals surface area contributed by atoms with Crippen LogP contribution in [0.5, 0.6) is 23.0 Å². The van der Waals surface area contributed by atoms with Gasteiger partial charge in [-0.3, -0.25) is 9.98 Å². The molecule has 6 nitrogen and oxygen atoms in total. The number of phenols is 2. The summed E-state index contributed by atoms with van der Waals surface area (Å²) in [4.78, 5) is 8.43. The van der Waals surface area contributed by atoms with E-state index >= 15 is 0 Å². The van der Waals surface area contributed by atoms with Crippen LogP contribution in [0.1, 0.15) is 11.1 Å². The quantitative estimate of drug-likeness (QED) is 0.429. The number of aromatic hydroxyl groups is 2. The van der Waals surface area contributed by atoms with Crippen molar-refractivity contribution in [1.29, 1.82) is 0 Å². The van der Waals surface area contributed by atoms with Gasteiger partial charge < -0.3 is 19.7 Å². The van der Waals surface area contributed by atoms with E-state index in [1.54, 1.807) is 50.9 Å². The van der Waals surface area contributed by atoms with Crippen LogP contribution in [0.2, 0.25) is 0 Å². The average molecular weight is 395 g/mol. The van der Waals surface area contributed by atoms with Crippen LogP contribution in [-0.4, -0.2) is 50.0 Å².